The maximum absolute atomic E-state index is 6.06. The minimum atomic E-state index is 0.474. The van der Waals surface area contributed by atoms with Crippen LogP contribution in [0.15, 0.2) is 64.4 Å². The van der Waals surface area contributed by atoms with E-state index in [2.05, 4.69) is 64.9 Å². The number of aryl methyl sites for hydroxylation is 2. The summed E-state index contributed by atoms with van der Waals surface area (Å²) >= 11 is 11.5. The van der Waals surface area contributed by atoms with Gasteiger partial charge in [-0.25, -0.2) is 0 Å². The Morgan fingerprint density at radius 2 is 1.85 bits per heavy atom. The number of hydrogen-bond donors (Lipinski definition) is 2. The fourth-order valence-corrected chi connectivity index (χ4v) is 4.49. The van der Waals surface area contributed by atoms with Crippen molar-refractivity contribution in [3.05, 3.63) is 81.0 Å². The van der Waals surface area contributed by atoms with E-state index in [0.29, 0.717) is 5.11 Å². The average Bonchev–Trinajstić information content (AvgIpc) is 3.20. The van der Waals surface area contributed by atoms with Crippen molar-refractivity contribution in [2.45, 2.75) is 26.7 Å². The van der Waals surface area contributed by atoms with E-state index in [9.17, 15) is 0 Å². The molecule has 2 aliphatic rings. The molecule has 0 saturated carbocycles. The number of rotatable bonds is 5. The molecule has 5 nitrogen and oxygen atoms in total. The molecule has 4 rings (SSSR count). The van der Waals surface area contributed by atoms with E-state index in [0.717, 1.165) is 61.0 Å². The number of halogens is 1. The number of nitrogens with one attached hydrogen (secondary N) is 2. The Kier molecular flexibility index (Phi) is 7.81. The van der Waals surface area contributed by atoms with Crippen LogP contribution in [0, 0.1) is 13.8 Å². The quantitative estimate of drug-likeness (QED) is 0.327. The van der Waals surface area contributed by atoms with Gasteiger partial charge < -0.3 is 15.0 Å². The van der Waals surface area contributed by atoms with Crippen molar-refractivity contribution in [3.63, 3.8) is 0 Å². The van der Waals surface area contributed by atoms with E-state index >= 15 is 0 Å². The summed E-state index contributed by atoms with van der Waals surface area (Å²) < 4.78 is 5.58. The van der Waals surface area contributed by atoms with E-state index in [4.69, 9.17) is 28.6 Å². The summed E-state index contributed by atoms with van der Waals surface area (Å²) in [6.07, 6.45) is 6.07. The van der Waals surface area contributed by atoms with Crippen LogP contribution < -0.4 is 10.7 Å². The predicted octanol–water partition coefficient (Wildman–Crippen LogP) is 5.69. The smallest absolute Gasteiger partial charge is 0.191 e. The number of thiocarbonyl (C=S) groups is 1. The lowest BCUT2D eigenvalue weighted by atomic mass is 10.1. The molecule has 2 aromatic carbocycles. The van der Waals surface area contributed by atoms with Gasteiger partial charge >= 0.3 is 0 Å². The van der Waals surface area contributed by atoms with Gasteiger partial charge in [-0.1, -0.05) is 41.4 Å². The van der Waals surface area contributed by atoms with Gasteiger partial charge in [0.05, 0.1) is 19.4 Å². The highest BCUT2D eigenvalue weighted by Gasteiger charge is 2.25. The summed E-state index contributed by atoms with van der Waals surface area (Å²) in [7, 11) is 0. The first kappa shape index (κ1) is 23.5. The Morgan fingerprint density at radius 3 is 2.58 bits per heavy atom. The molecule has 0 amide bonds. The number of benzene rings is 2. The predicted molar refractivity (Wildman–Crippen MR) is 142 cm³/mol. The standard InChI is InChI=1S/C26H29ClN4OS/c1-18-3-10-24(19(2)15-18)29-26(33)30-28-17-22-7-6-21(16-20-4-8-23(27)9-5-20)25(22)31-11-13-32-14-12-31/h3-5,8-10,15-17H,6-7,11-14H2,1-2H3,(H2,29,30,33). The SMILES string of the molecule is Cc1ccc(NC(=S)NN=CC2=C(N3CCOCC3)C(=Cc3ccc(Cl)cc3)CC2)c(C)c1. The van der Waals surface area contributed by atoms with Gasteiger partial charge in [-0.15, -0.1) is 0 Å². The zero-order valence-electron chi connectivity index (χ0n) is 19.0. The monoisotopic (exact) mass is 480 g/mol. The second-order valence-corrected chi connectivity index (χ2v) is 9.18. The Morgan fingerprint density at radius 1 is 1.09 bits per heavy atom. The molecule has 0 atom stereocenters. The normalized spacial score (nSPS) is 17.8. The second kappa shape index (κ2) is 11.0. The molecule has 7 heteroatoms. The van der Waals surface area contributed by atoms with Gasteiger partial charge in [-0.2, -0.15) is 5.10 Å². The molecular weight excluding hydrogens is 452 g/mol. The number of allylic oxidation sites excluding steroid dienone is 2. The summed E-state index contributed by atoms with van der Waals surface area (Å²) in [6.45, 7) is 7.38. The van der Waals surface area contributed by atoms with Crippen LogP contribution in [-0.4, -0.2) is 42.5 Å². The Balaban J connectivity index is 1.50. The molecule has 172 valence electrons. The third kappa shape index (κ3) is 6.22. The van der Waals surface area contributed by atoms with E-state index in [1.807, 2.05) is 24.4 Å². The number of ether oxygens (including phenoxy) is 1. The van der Waals surface area contributed by atoms with Crippen LogP contribution in [0.4, 0.5) is 5.69 Å². The van der Waals surface area contributed by atoms with Gasteiger partial charge in [0.2, 0.25) is 0 Å². The molecule has 33 heavy (non-hydrogen) atoms. The van der Waals surface area contributed by atoms with Gasteiger partial charge in [0.1, 0.15) is 0 Å². The van der Waals surface area contributed by atoms with Crippen LogP contribution in [0.25, 0.3) is 6.08 Å². The maximum Gasteiger partial charge on any atom is 0.191 e. The zero-order valence-corrected chi connectivity index (χ0v) is 20.6. The lowest BCUT2D eigenvalue weighted by Gasteiger charge is -2.31. The van der Waals surface area contributed by atoms with Gasteiger partial charge in [-0.05, 0) is 85.5 Å². The zero-order chi connectivity index (χ0) is 23.2. The van der Waals surface area contributed by atoms with Crippen LogP contribution in [-0.2, 0) is 4.74 Å². The molecule has 1 aliphatic carbocycles. The molecule has 1 fully saturated rings. The van der Waals surface area contributed by atoms with Crippen LogP contribution in [0.1, 0.15) is 29.5 Å². The minimum absolute atomic E-state index is 0.474. The summed E-state index contributed by atoms with van der Waals surface area (Å²) in [6, 6.07) is 14.2. The molecule has 1 heterocycles. The molecule has 0 aromatic heterocycles. The summed E-state index contributed by atoms with van der Waals surface area (Å²) in [5.41, 5.74) is 11.3. The fourth-order valence-electron chi connectivity index (χ4n) is 4.20. The van der Waals surface area contributed by atoms with Crippen LogP contribution in [0.2, 0.25) is 5.02 Å². The molecule has 0 unspecified atom stereocenters. The molecule has 0 bridgehead atoms. The molecule has 0 radical (unpaired) electrons. The maximum atomic E-state index is 6.06. The first-order valence-corrected chi connectivity index (χ1v) is 12.0. The van der Waals surface area contributed by atoms with Crippen LogP contribution >= 0.6 is 23.8 Å². The first-order valence-electron chi connectivity index (χ1n) is 11.2. The van der Waals surface area contributed by atoms with E-state index in [1.54, 1.807) is 0 Å². The number of anilines is 1. The first-order chi connectivity index (χ1) is 16.0. The Labute approximate surface area is 206 Å². The number of nitrogens with zero attached hydrogens (tertiary/aromatic N) is 2. The highest BCUT2D eigenvalue weighted by Crippen LogP contribution is 2.35. The van der Waals surface area contributed by atoms with E-state index in [1.165, 1.54) is 22.4 Å². The van der Waals surface area contributed by atoms with Gasteiger partial charge in [-0.3, -0.25) is 5.43 Å². The Bertz CT molecular complexity index is 1100. The van der Waals surface area contributed by atoms with Crippen LogP contribution in [0.3, 0.4) is 0 Å². The minimum Gasteiger partial charge on any atom is -0.378 e. The fraction of sp³-hybridized carbons (Fsp3) is 0.308. The van der Waals surface area contributed by atoms with Crippen molar-refractivity contribution in [2.24, 2.45) is 5.10 Å². The molecule has 0 spiro atoms. The summed E-state index contributed by atoms with van der Waals surface area (Å²) in [5.74, 6) is 0. The van der Waals surface area contributed by atoms with Gasteiger partial charge in [0.15, 0.2) is 5.11 Å². The van der Waals surface area contributed by atoms with Crippen molar-refractivity contribution in [2.75, 3.05) is 31.6 Å². The van der Waals surface area contributed by atoms with E-state index in [-0.39, 0.29) is 0 Å². The highest BCUT2D eigenvalue weighted by molar-refractivity contribution is 7.80. The second-order valence-electron chi connectivity index (χ2n) is 8.34. The third-order valence-electron chi connectivity index (χ3n) is 5.83. The van der Waals surface area contributed by atoms with Crippen molar-refractivity contribution < 1.29 is 4.74 Å². The molecule has 2 N–H and O–H groups in total. The third-order valence-corrected chi connectivity index (χ3v) is 6.27. The number of hydrogen-bond acceptors (Lipinski definition) is 4. The summed E-state index contributed by atoms with van der Waals surface area (Å²) in [4.78, 5) is 2.41. The van der Waals surface area contributed by atoms with Crippen LogP contribution in [0.5, 0.6) is 0 Å². The molecule has 2 aromatic rings. The topological polar surface area (TPSA) is 48.9 Å². The average molecular weight is 481 g/mol. The summed E-state index contributed by atoms with van der Waals surface area (Å²) in [5, 5.41) is 8.90. The molecular formula is C26H29ClN4OS. The number of hydrazone groups is 1. The van der Waals surface area contributed by atoms with Gasteiger partial charge in [0.25, 0.3) is 0 Å². The largest absolute Gasteiger partial charge is 0.378 e. The van der Waals surface area contributed by atoms with E-state index < -0.39 is 0 Å². The lowest BCUT2D eigenvalue weighted by Crippen LogP contribution is -2.36. The highest BCUT2D eigenvalue weighted by atomic mass is 35.5. The molecule has 1 aliphatic heterocycles. The van der Waals surface area contributed by atoms with Gasteiger partial charge in [0, 0.05) is 29.5 Å². The lowest BCUT2D eigenvalue weighted by molar-refractivity contribution is 0.0548. The molecule has 1 saturated heterocycles. The Hall–Kier alpha value is -2.67. The van der Waals surface area contributed by atoms with Crippen molar-refractivity contribution in [1.82, 2.24) is 10.3 Å². The van der Waals surface area contributed by atoms with Crippen molar-refractivity contribution >= 4 is 46.9 Å². The van der Waals surface area contributed by atoms with Crippen molar-refractivity contribution in [1.29, 1.82) is 0 Å². The number of morpholine rings is 1. The van der Waals surface area contributed by atoms with Crippen molar-refractivity contribution in [3.8, 4) is 0 Å².